The van der Waals surface area contributed by atoms with Gasteiger partial charge >= 0.3 is 0 Å². The zero-order valence-corrected chi connectivity index (χ0v) is 13.8. The summed E-state index contributed by atoms with van der Waals surface area (Å²) >= 11 is 1.26. The summed E-state index contributed by atoms with van der Waals surface area (Å²) in [5.74, 6) is -0.888. The zero-order chi connectivity index (χ0) is 16.9. The number of nitrogens with one attached hydrogen (secondary N) is 2. The molecule has 0 aliphatic carbocycles. The second-order valence-corrected chi connectivity index (χ2v) is 6.83. The van der Waals surface area contributed by atoms with Gasteiger partial charge in [-0.2, -0.15) is 0 Å². The smallest absolute Gasteiger partial charge is 0.240 e. The molecule has 128 valence electrons. The number of hydrogen-bond donors (Lipinski definition) is 2. The number of anilines is 1. The van der Waals surface area contributed by atoms with Crippen LogP contribution in [0.5, 0.6) is 0 Å². The first kappa shape index (κ1) is 16.9. The summed E-state index contributed by atoms with van der Waals surface area (Å²) in [4.78, 5) is 28.3. The second kappa shape index (κ2) is 7.76. The Morgan fingerprint density at radius 3 is 2.92 bits per heavy atom. The van der Waals surface area contributed by atoms with Gasteiger partial charge in [-0.15, -0.1) is 0 Å². The van der Waals surface area contributed by atoms with Crippen LogP contribution in [-0.4, -0.2) is 41.5 Å². The van der Waals surface area contributed by atoms with E-state index in [0.717, 1.165) is 19.4 Å². The molecule has 0 saturated carbocycles. The van der Waals surface area contributed by atoms with Crippen molar-refractivity contribution in [3.63, 3.8) is 0 Å². The Morgan fingerprint density at radius 1 is 1.42 bits per heavy atom. The fourth-order valence-electron chi connectivity index (χ4n) is 2.50. The monoisotopic (exact) mass is 351 g/mol. The molecule has 2 aliphatic heterocycles. The summed E-state index contributed by atoms with van der Waals surface area (Å²) in [6.07, 6.45) is 2.18. The number of rotatable bonds is 5. The van der Waals surface area contributed by atoms with Crippen LogP contribution in [0, 0.1) is 5.82 Å². The van der Waals surface area contributed by atoms with E-state index < -0.39 is 5.25 Å². The lowest BCUT2D eigenvalue weighted by Crippen LogP contribution is -2.28. The molecule has 0 aromatic heterocycles. The van der Waals surface area contributed by atoms with Crippen molar-refractivity contribution < 1.29 is 18.7 Å². The van der Waals surface area contributed by atoms with Gasteiger partial charge in [0.25, 0.3) is 0 Å². The number of nitrogens with zero attached hydrogens (tertiary/aromatic N) is 1. The van der Waals surface area contributed by atoms with Gasteiger partial charge < -0.3 is 15.4 Å². The molecule has 0 unspecified atom stereocenters. The molecular formula is C16H18FN3O3S. The van der Waals surface area contributed by atoms with Crippen LogP contribution in [-0.2, 0) is 14.3 Å². The lowest BCUT2D eigenvalue weighted by Gasteiger charge is -2.07. The third kappa shape index (κ3) is 4.55. The van der Waals surface area contributed by atoms with Gasteiger partial charge in [0.15, 0.2) is 5.17 Å². The van der Waals surface area contributed by atoms with Crippen LogP contribution in [0.3, 0.4) is 0 Å². The number of carbonyl (C=O) groups is 2. The molecule has 6 nitrogen and oxygen atoms in total. The lowest BCUT2D eigenvalue weighted by molar-refractivity contribution is -0.122. The van der Waals surface area contributed by atoms with E-state index in [2.05, 4.69) is 15.6 Å². The van der Waals surface area contributed by atoms with E-state index in [0.29, 0.717) is 17.4 Å². The van der Waals surface area contributed by atoms with E-state index >= 15 is 0 Å². The largest absolute Gasteiger partial charge is 0.376 e. The Bertz CT molecular complexity index is 644. The van der Waals surface area contributed by atoms with E-state index in [-0.39, 0.29) is 30.2 Å². The van der Waals surface area contributed by atoms with Gasteiger partial charge in [0, 0.05) is 18.7 Å². The molecule has 2 fully saturated rings. The Kier molecular flexibility index (Phi) is 5.47. The average molecular weight is 351 g/mol. The number of amides is 2. The highest BCUT2D eigenvalue weighted by atomic mass is 32.2. The molecule has 0 spiro atoms. The second-order valence-electron chi connectivity index (χ2n) is 5.64. The fraction of sp³-hybridized carbons (Fsp3) is 0.438. The van der Waals surface area contributed by atoms with Gasteiger partial charge in [0.1, 0.15) is 11.1 Å². The maximum absolute atomic E-state index is 12.8. The molecule has 2 saturated heterocycles. The topological polar surface area (TPSA) is 79.8 Å². The molecular weight excluding hydrogens is 333 g/mol. The number of aliphatic imine (C=N–C) groups is 1. The van der Waals surface area contributed by atoms with Crippen molar-refractivity contribution in [2.75, 3.05) is 18.5 Å². The number of thioether (sulfide) groups is 1. The zero-order valence-electron chi connectivity index (χ0n) is 13.0. The molecule has 1 aromatic rings. The predicted molar refractivity (Wildman–Crippen MR) is 90.4 cm³/mol. The molecule has 1 aromatic carbocycles. The average Bonchev–Trinajstić information content (AvgIpc) is 3.18. The number of halogens is 1. The van der Waals surface area contributed by atoms with Crippen molar-refractivity contribution in [1.29, 1.82) is 0 Å². The Morgan fingerprint density at radius 2 is 2.21 bits per heavy atom. The Balaban J connectivity index is 1.49. The molecule has 24 heavy (non-hydrogen) atoms. The molecule has 2 amide bonds. The van der Waals surface area contributed by atoms with Crippen LogP contribution < -0.4 is 10.6 Å². The maximum Gasteiger partial charge on any atom is 0.240 e. The van der Waals surface area contributed by atoms with E-state index in [1.807, 2.05) is 0 Å². The van der Waals surface area contributed by atoms with Crippen molar-refractivity contribution in [3.05, 3.63) is 30.1 Å². The highest BCUT2D eigenvalue weighted by molar-refractivity contribution is 8.15. The van der Waals surface area contributed by atoms with Gasteiger partial charge in [-0.05, 0) is 37.1 Å². The van der Waals surface area contributed by atoms with Crippen molar-refractivity contribution in [2.45, 2.75) is 30.6 Å². The van der Waals surface area contributed by atoms with E-state index in [1.165, 1.54) is 36.0 Å². The van der Waals surface area contributed by atoms with E-state index in [4.69, 9.17) is 4.74 Å². The summed E-state index contributed by atoms with van der Waals surface area (Å²) in [6.45, 7) is 1.29. The van der Waals surface area contributed by atoms with Gasteiger partial charge in [-0.3, -0.25) is 14.6 Å². The quantitative estimate of drug-likeness (QED) is 0.849. The number of hydrogen-bond acceptors (Lipinski definition) is 5. The SMILES string of the molecule is O=C(C[C@H]1SC(=NC[C@@H]2CCCO2)NC1=O)Nc1ccc(F)cc1. The summed E-state index contributed by atoms with van der Waals surface area (Å²) in [7, 11) is 0. The lowest BCUT2D eigenvalue weighted by atomic mass is 10.2. The summed E-state index contributed by atoms with van der Waals surface area (Å²) < 4.78 is 18.3. The summed E-state index contributed by atoms with van der Waals surface area (Å²) in [6, 6.07) is 5.48. The predicted octanol–water partition coefficient (Wildman–Crippen LogP) is 1.92. The maximum atomic E-state index is 12.8. The third-order valence-electron chi connectivity index (χ3n) is 3.74. The van der Waals surface area contributed by atoms with Crippen molar-refractivity contribution in [3.8, 4) is 0 Å². The third-order valence-corrected chi connectivity index (χ3v) is 4.86. The first-order valence-corrected chi connectivity index (χ1v) is 8.67. The minimum atomic E-state index is -0.506. The van der Waals surface area contributed by atoms with E-state index in [9.17, 15) is 14.0 Å². The normalized spacial score (nSPS) is 25.0. The van der Waals surface area contributed by atoms with E-state index in [1.54, 1.807) is 0 Å². The molecule has 2 N–H and O–H groups in total. The highest BCUT2D eigenvalue weighted by Gasteiger charge is 2.32. The van der Waals surface area contributed by atoms with Crippen LogP contribution in [0.15, 0.2) is 29.3 Å². The minimum Gasteiger partial charge on any atom is -0.376 e. The number of amidine groups is 1. The van der Waals surface area contributed by atoms with Crippen molar-refractivity contribution in [2.24, 2.45) is 4.99 Å². The molecule has 2 heterocycles. The number of carbonyl (C=O) groups excluding carboxylic acids is 2. The molecule has 2 atom stereocenters. The molecule has 2 aliphatic rings. The summed E-state index contributed by atoms with van der Waals surface area (Å²) in [5, 5.41) is 5.37. The number of ether oxygens (including phenoxy) is 1. The van der Waals surface area contributed by atoms with Crippen LogP contribution in [0.2, 0.25) is 0 Å². The molecule has 3 rings (SSSR count). The number of benzene rings is 1. The molecule has 0 radical (unpaired) electrons. The fourth-order valence-corrected chi connectivity index (χ4v) is 3.48. The minimum absolute atomic E-state index is 0.0345. The summed E-state index contributed by atoms with van der Waals surface area (Å²) in [5.41, 5.74) is 0.497. The Hall–Kier alpha value is -1.93. The highest BCUT2D eigenvalue weighted by Crippen LogP contribution is 2.23. The Labute approximate surface area is 143 Å². The van der Waals surface area contributed by atoms with Gasteiger partial charge in [0.05, 0.1) is 12.6 Å². The van der Waals surface area contributed by atoms with Crippen LogP contribution >= 0.6 is 11.8 Å². The molecule has 8 heteroatoms. The molecule has 0 bridgehead atoms. The van der Waals surface area contributed by atoms with Gasteiger partial charge in [0.2, 0.25) is 11.8 Å². The first-order chi connectivity index (χ1) is 11.6. The standard InChI is InChI=1S/C16H18FN3O3S/c17-10-3-5-11(6-4-10)19-14(21)8-13-15(22)20-16(24-13)18-9-12-2-1-7-23-12/h3-6,12-13H,1-2,7-9H2,(H,19,21)(H,18,20,22)/t12-,13+/m0/s1. The van der Waals surface area contributed by atoms with Crippen molar-refractivity contribution >= 4 is 34.4 Å². The van der Waals surface area contributed by atoms with Crippen LogP contribution in [0.4, 0.5) is 10.1 Å². The van der Waals surface area contributed by atoms with Crippen LogP contribution in [0.25, 0.3) is 0 Å². The first-order valence-electron chi connectivity index (χ1n) is 7.79. The van der Waals surface area contributed by atoms with Crippen LogP contribution in [0.1, 0.15) is 19.3 Å². The van der Waals surface area contributed by atoms with Gasteiger partial charge in [-0.1, -0.05) is 11.8 Å². The van der Waals surface area contributed by atoms with Gasteiger partial charge in [-0.25, -0.2) is 4.39 Å². The van der Waals surface area contributed by atoms with Crippen molar-refractivity contribution in [1.82, 2.24) is 5.32 Å².